The van der Waals surface area contributed by atoms with Crippen LogP contribution >= 0.6 is 11.6 Å². The molecule has 2 N–H and O–H groups in total. The maximum absolute atomic E-state index is 6.19. The Bertz CT molecular complexity index is 346. The zero-order chi connectivity index (χ0) is 13.0. The van der Waals surface area contributed by atoms with Gasteiger partial charge in [0.25, 0.3) is 0 Å². The van der Waals surface area contributed by atoms with Crippen LogP contribution in [-0.4, -0.2) is 35.3 Å². The van der Waals surface area contributed by atoms with E-state index in [0.29, 0.717) is 10.9 Å². The lowest BCUT2D eigenvalue weighted by molar-refractivity contribution is 0.363. The molecule has 1 heterocycles. The third-order valence-corrected chi connectivity index (χ3v) is 2.96. The SMILES string of the molecule is CC(C)CC(N)c1c(Cl)cnn1CCN(C)C. The van der Waals surface area contributed by atoms with E-state index in [2.05, 4.69) is 23.8 Å². The van der Waals surface area contributed by atoms with E-state index in [-0.39, 0.29) is 6.04 Å². The molecule has 0 bridgehead atoms. The fourth-order valence-corrected chi connectivity index (χ4v) is 2.11. The molecule has 1 unspecified atom stereocenters. The van der Waals surface area contributed by atoms with Gasteiger partial charge in [0.15, 0.2) is 0 Å². The van der Waals surface area contributed by atoms with Gasteiger partial charge in [-0.2, -0.15) is 5.10 Å². The van der Waals surface area contributed by atoms with Gasteiger partial charge in [-0.25, -0.2) is 0 Å². The second-order valence-corrected chi connectivity index (χ2v) is 5.55. The molecule has 0 saturated carbocycles. The summed E-state index contributed by atoms with van der Waals surface area (Å²) in [4.78, 5) is 2.12. The molecule has 0 spiro atoms. The minimum Gasteiger partial charge on any atom is -0.323 e. The highest BCUT2D eigenvalue weighted by Gasteiger charge is 2.17. The van der Waals surface area contributed by atoms with Crippen molar-refractivity contribution in [2.45, 2.75) is 32.9 Å². The Morgan fingerprint density at radius 1 is 1.47 bits per heavy atom. The van der Waals surface area contributed by atoms with Gasteiger partial charge in [0.2, 0.25) is 0 Å². The van der Waals surface area contributed by atoms with E-state index >= 15 is 0 Å². The first-order valence-electron chi connectivity index (χ1n) is 6.03. The van der Waals surface area contributed by atoms with E-state index in [0.717, 1.165) is 25.2 Å². The van der Waals surface area contributed by atoms with E-state index in [1.165, 1.54) is 0 Å². The molecule has 0 amide bonds. The van der Waals surface area contributed by atoms with Crippen LogP contribution in [-0.2, 0) is 6.54 Å². The largest absolute Gasteiger partial charge is 0.323 e. The van der Waals surface area contributed by atoms with Crippen molar-refractivity contribution < 1.29 is 0 Å². The highest BCUT2D eigenvalue weighted by Crippen LogP contribution is 2.25. The molecule has 0 fully saturated rings. The van der Waals surface area contributed by atoms with E-state index in [1.54, 1.807) is 6.20 Å². The molecule has 0 saturated heterocycles. The van der Waals surface area contributed by atoms with Crippen molar-refractivity contribution in [3.05, 3.63) is 16.9 Å². The summed E-state index contributed by atoms with van der Waals surface area (Å²) in [7, 11) is 4.08. The average Bonchev–Trinajstić information content (AvgIpc) is 2.55. The standard InChI is InChI=1S/C12H23ClN4/c1-9(2)7-11(14)12-10(13)8-15-17(12)6-5-16(3)4/h8-9,11H,5-7,14H2,1-4H3. The molecule has 0 aliphatic rings. The van der Waals surface area contributed by atoms with Crippen molar-refractivity contribution in [2.75, 3.05) is 20.6 Å². The Morgan fingerprint density at radius 3 is 2.65 bits per heavy atom. The minimum atomic E-state index is -0.0350. The van der Waals surface area contributed by atoms with Crippen LogP contribution in [0.2, 0.25) is 5.02 Å². The van der Waals surface area contributed by atoms with Gasteiger partial charge in [-0.15, -0.1) is 0 Å². The summed E-state index contributed by atoms with van der Waals surface area (Å²) >= 11 is 6.16. The molecule has 98 valence electrons. The quantitative estimate of drug-likeness (QED) is 0.851. The molecular formula is C12H23ClN4. The van der Waals surface area contributed by atoms with Crippen molar-refractivity contribution in [1.82, 2.24) is 14.7 Å². The Hall–Kier alpha value is -0.580. The van der Waals surface area contributed by atoms with E-state index in [1.807, 2.05) is 18.8 Å². The Kier molecular flexibility index (Phi) is 5.43. The zero-order valence-corrected chi connectivity index (χ0v) is 11.9. The van der Waals surface area contributed by atoms with Crippen molar-refractivity contribution in [2.24, 2.45) is 11.7 Å². The third kappa shape index (κ3) is 4.30. The molecule has 0 aliphatic carbocycles. The van der Waals surface area contributed by atoms with Gasteiger partial charge in [-0.1, -0.05) is 25.4 Å². The molecule has 0 aromatic carbocycles. The maximum atomic E-state index is 6.19. The van der Waals surface area contributed by atoms with Crippen LogP contribution in [0.3, 0.4) is 0 Å². The first kappa shape index (κ1) is 14.5. The number of hydrogen-bond acceptors (Lipinski definition) is 3. The van der Waals surface area contributed by atoms with Crippen LogP contribution in [0.25, 0.3) is 0 Å². The van der Waals surface area contributed by atoms with Crippen molar-refractivity contribution in [3.8, 4) is 0 Å². The fourth-order valence-electron chi connectivity index (χ4n) is 1.83. The van der Waals surface area contributed by atoms with E-state index in [4.69, 9.17) is 17.3 Å². The molecule has 5 heteroatoms. The summed E-state index contributed by atoms with van der Waals surface area (Å²) in [6.07, 6.45) is 2.61. The van der Waals surface area contributed by atoms with Crippen molar-refractivity contribution >= 4 is 11.6 Å². The van der Waals surface area contributed by atoms with Gasteiger partial charge in [0.05, 0.1) is 23.5 Å². The van der Waals surface area contributed by atoms with Crippen LogP contribution in [0, 0.1) is 5.92 Å². The van der Waals surface area contributed by atoms with Crippen LogP contribution in [0.4, 0.5) is 0 Å². The predicted octanol–water partition coefficient (Wildman–Crippen LogP) is 2.14. The number of nitrogens with zero attached hydrogens (tertiary/aromatic N) is 3. The molecular weight excluding hydrogens is 236 g/mol. The van der Waals surface area contributed by atoms with Gasteiger partial charge in [-0.3, -0.25) is 4.68 Å². The maximum Gasteiger partial charge on any atom is 0.0834 e. The summed E-state index contributed by atoms with van der Waals surface area (Å²) in [5, 5.41) is 4.97. The zero-order valence-electron chi connectivity index (χ0n) is 11.2. The number of hydrogen-bond donors (Lipinski definition) is 1. The number of likely N-dealkylation sites (N-methyl/N-ethyl adjacent to an activating group) is 1. The molecule has 1 rings (SSSR count). The number of halogens is 1. The number of nitrogens with two attached hydrogens (primary N) is 1. The molecule has 1 atom stereocenters. The van der Waals surface area contributed by atoms with Gasteiger partial charge in [0.1, 0.15) is 0 Å². The second-order valence-electron chi connectivity index (χ2n) is 5.14. The number of rotatable bonds is 6. The Balaban J connectivity index is 2.78. The lowest BCUT2D eigenvalue weighted by Gasteiger charge is -2.18. The lowest BCUT2D eigenvalue weighted by atomic mass is 10.0. The minimum absolute atomic E-state index is 0.0350. The van der Waals surface area contributed by atoms with Gasteiger partial charge < -0.3 is 10.6 Å². The average molecular weight is 259 g/mol. The highest BCUT2D eigenvalue weighted by atomic mass is 35.5. The molecule has 1 aromatic rings. The highest BCUT2D eigenvalue weighted by molar-refractivity contribution is 6.31. The van der Waals surface area contributed by atoms with Crippen LogP contribution < -0.4 is 5.73 Å². The monoisotopic (exact) mass is 258 g/mol. The normalized spacial score (nSPS) is 13.6. The molecule has 4 nitrogen and oxygen atoms in total. The molecule has 1 aromatic heterocycles. The fraction of sp³-hybridized carbons (Fsp3) is 0.750. The van der Waals surface area contributed by atoms with Crippen LogP contribution in [0.5, 0.6) is 0 Å². The van der Waals surface area contributed by atoms with Gasteiger partial charge >= 0.3 is 0 Å². The van der Waals surface area contributed by atoms with Crippen molar-refractivity contribution in [1.29, 1.82) is 0 Å². The summed E-state index contributed by atoms with van der Waals surface area (Å²) in [5.41, 5.74) is 7.15. The van der Waals surface area contributed by atoms with Crippen LogP contribution in [0.1, 0.15) is 32.0 Å². The van der Waals surface area contributed by atoms with Gasteiger partial charge in [-0.05, 0) is 26.4 Å². The Labute approximate surface area is 109 Å². The molecule has 0 radical (unpaired) electrons. The number of aromatic nitrogens is 2. The molecule has 0 aliphatic heterocycles. The van der Waals surface area contributed by atoms with Crippen LogP contribution in [0.15, 0.2) is 6.20 Å². The van der Waals surface area contributed by atoms with E-state index in [9.17, 15) is 0 Å². The van der Waals surface area contributed by atoms with Gasteiger partial charge in [0, 0.05) is 12.6 Å². The summed E-state index contributed by atoms with van der Waals surface area (Å²) in [6.45, 7) is 6.07. The summed E-state index contributed by atoms with van der Waals surface area (Å²) < 4.78 is 1.93. The first-order chi connectivity index (χ1) is 7.91. The predicted molar refractivity (Wildman–Crippen MR) is 72.2 cm³/mol. The summed E-state index contributed by atoms with van der Waals surface area (Å²) in [6, 6.07) is -0.0350. The third-order valence-electron chi connectivity index (χ3n) is 2.67. The lowest BCUT2D eigenvalue weighted by Crippen LogP contribution is -2.23. The topological polar surface area (TPSA) is 47.1 Å². The second kappa shape index (κ2) is 6.38. The van der Waals surface area contributed by atoms with E-state index < -0.39 is 0 Å². The Morgan fingerprint density at radius 2 is 2.12 bits per heavy atom. The van der Waals surface area contributed by atoms with Crippen molar-refractivity contribution in [3.63, 3.8) is 0 Å². The molecule has 17 heavy (non-hydrogen) atoms. The smallest absolute Gasteiger partial charge is 0.0834 e. The summed E-state index contributed by atoms with van der Waals surface area (Å²) in [5.74, 6) is 0.554. The first-order valence-corrected chi connectivity index (χ1v) is 6.41.